The first-order chi connectivity index (χ1) is 8.20. The number of hydrogen-bond acceptors (Lipinski definition) is 3. The summed E-state index contributed by atoms with van der Waals surface area (Å²) in [4.78, 5) is 0. The van der Waals surface area contributed by atoms with Crippen molar-refractivity contribution in [2.24, 2.45) is 5.73 Å². The average Bonchev–Trinajstić information content (AvgIpc) is 2.65. The van der Waals surface area contributed by atoms with Gasteiger partial charge in [0.2, 0.25) is 0 Å². The zero-order valence-electron chi connectivity index (χ0n) is 9.44. The number of nitrogen functional groups attached to an aromatic ring is 1. The first kappa shape index (κ1) is 12.1. The van der Waals surface area contributed by atoms with Crippen LogP contribution in [0.1, 0.15) is 11.1 Å². The third kappa shape index (κ3) is 2.87. The molecule has 0 amide bonds. The summed E-state index contributed by atoms with van der Waals surface area (Å²) in [6.45, 7) is 1.28. The van der Waals surface area contributed by atoms with Crippen LogP contribution in [-0.2, 0) is 13.0 Å². The molecule has 0 unspecified atom stereocenters. The maximum atomic E-state index is 6.00. The third-order valence-electron chi connectivity index (χ3n) is 2.62. The van der Waals surface area contributed by atoms with Gasteiger partial charge in [-0.3, -0.25) is 0 Å². The summed E-state index contributed by atoms with van der Waals surface area (Å²) in [5.41, 5.74) is 13.7. The van der Waals surface area contributed by atoms with Gasteiger partial charge in [-0.1, -0.05) is 28.1 Å². The van der Waals surface area contributed by atoms with Crippen molar-refractivity contribution in [3.63, 3.8) is 0 Å². The Hall–Kier alpha value is -1.33. The predicted octanol–water partition coefficient (Wildman–Crippen LogP) is 1.78. The Bertz CT molecular complexity index is 490. The van der Waals surface area contributed by atoms with Crippen LogP contribution in [-0.4, -0.2) is 16.3 Å². The molecule has 90 valence electrons. The highest BCUT2D eigenvalue weighted by molar-refractivity contribution is 9.10. The molecule has 0 radical (unpaired) electrons. The number of halogens is 1. The first-order valence-electron chi connectivity index (χ1n) is 5.45. The van der Waals surface area contributed by atoms with Crippen molar-refractivity contribution in [3.05, 3.63) is 46.1 Å². The first-order valence-corrected chi connectivity index (χ1v) is 6.24. The summed E-state index contributed by atoms with van der Waals surface area (Å²) in [5, 5.41) is 4.28. The van der Waals surface area contributed by atoms with Gasteiger partial charge in [-0.05, 0) is 30.7 Å². The molecule has 0 aliphatic heterocycles. The number of rotatable bonds is 4. The molecule has 4 N–H and O–H groups in total. The molecule has 0 aliphatic carbocycles. The molecule has 1 aromatic carbocycles. The van der Waals surface area contributed by atoms with Crippen molar-refractivity contribution in [3.8, 4) is 0 Å². The van der Waals surface area contributed by atoms with Gasteiger partial charge in [-0.15, -0.1) is 0 Å². The van der Waals surface area contributed by atoms with Gasteiger partial charge < -0.3 is 11.5 Å². The van der Waals surface area contributed by atoms with Crippen molar-refractivity contribution in [1.29, 1.82) is 0 Å². The van der Waals surface area contributed by atoms with Crippen LogP contribution < -0.4 is 11.5 Å². The third-order valence-corrected chi connectivity index (χ3v) is 3.15. The SMILES string of the molecule is NCCc1cnn(Cc2ccc(Br)cc2)c1N. The number of anilines is 1. The molecule has 5 heteroatoms. The summed E-state index contributed by atoms with van der Waals surface area (Å²) in [7, 11) is 0. The minimum atomic E-state index is 0.591. The monoisotopic (exact) mass is 294 g/mol. The fraction of sp³-hybridized carbons (Fsp3) is 0.250. The van der Waals surface area contributed by atoms with Crippen LogP contribution >= 0.6 is 15.9 Å². The summed E-state index contributed by atoms with van der Waals surface area (Å²) >= 11 is 3.41. The van der Waals surface area contributed by atoms with Gasteiger partial charge in [0.15, 0.2) is 0 Å². The highest BCUT2D eigenvalue weighted by Crippen LogP contribution is 2.15. The second-order valence-electron chi connectivity index (χ2n) is 3.88. The van der Waals surface area contributed by atoms with Crippen LogP contribution in [0, 0.1) is 0 Å². The zero-order chi connectivity index (χ0) is 12.3. The summed E-state index contributed by atoms with van der Waals surface area (Å²) in [6, 6.07) is 8.12. The van der Waals surface area contributed by atoms with Gasteiger partial charge in [-0.2, -0.15) is 5.10 Å². The van der Waals surface area contributed by atoms with Crippen LogP contribution in [0.25, 0.3) is 0 Å². The lowest BCUT2D eigenvalue weighted by Gasteiger charge is -2.05. The van der Waals surface area contributed by atoms with E-state index in [0.29, 0.717) is 18.9 Å². The molecular formula is C12H15BrN4. The minimum Gasteiger partial charge on any atom is -0.384 e. The van der Waals surface area contributed by atoms with E-state index in [-0.39, 0.29) is 0 Å². The summed E-state index contributed by atoms with van der Waals surface area (Å²) in [6.07, 6.45) is 2.56. The van der Waals surface area contributed by atoms with Gasteiger partial charge in [0.25, 0.3) is 0 Å². The van der Waals surface area contributed by atoms with Gasteiger partial charge in [0, 0.05) is 10.0 Å². The van der Waals surface area contributed by atoms with E-state index >= 15 is 0 Å². The molecule has 2 aromatic rings. The molecule has 0 aliphatic rings. The molecule has 0 saturated carbocycles. The van der Waals surface area contributed by atoms with Crippen molar-refractivity contribution >= 4 is 21.7 Å². The van der Waals surface area contributed by atoms with Crippen LogP contribution in [0.4, 0.5) is 5.82 Å². The molecular weight excluding hydrogens is 280 g/mol. The van der Waals surface area contributed by atoms with Crippen molar-refractivity contribution in [2.75, 3.05) is 12.3 Å². The van der Waals surface area contributed by atoms with E-state index in [9.17, 15) is 0 Å². The van der Waals surface area contributed by atoms with Crippen LogP contribution in [0.2, 0.25) is 0 Å². The normalized spacial score (nSPS) is 10.7. The van der Waals surface area contributed by atoms with Gasteiger partial charge in [-0.25, -0.2) is 4.68 Å². The Morgan fingerprint density at radius 2 is 1.94 bits per heavy atom. The second-order valence-corrected chi connectivity index (χ2v) is 4.79. The highest BCUT2D eigenvalue weighted by Gasteiger charge is 2.06. The maximum Gasteiger partial charge on any atom is 0.125 e. The summed E-state index contributed by atoms with van der Waals surface area (Å²) < 4.78 is 2.87. The number of nitrogens with zero attached hydrogens (tertiary/aromatic N) is 2. The minimum absolute atomic E-state index is 0.591. The highest BCUT2D eigenvalue weighted by atomic mass is 79.9. The van der Waals surface area contributed by atoms with E-state index in [1.807, 2.05) is 24.3 Å². The van der Waals surface area contributed by atoms with Crippen molar-refractivity contribution in [2.45, 2.75) is 13.0 Å². The maximum absolute atomic E-state index is 6.00. The van der Waals surface area contributed by atoms with E-state index in [4.69, 9.17) is 11.5 Å². The number of nitrogens with two attached hydrogens (primary N) is 2. The predicted molar refractivity (Wildman–Crippen MR) is 72.6 cm³/mol. The Morgan fingerprint density at radius 1 is 1.24 bits per heavy atom. The zero-order valence-corrected chi connectivity index (χ0v) is 11.0. The smallest absolute Gasteiger partial charge is 0.125 e. The molecule has 1 aromatic heterocycles. The van der Waals surface area contributed by atoms with E-state index in [1.54, 1.807) is 10.9 Å². The van der Waals surface area contributed by atoms with Crippen molar-refractivity contribution in [1.82, 2.24) is 9.78 Å². The lowest BCUT2D eigenvalue weighted by Crippen LogP contribution is -2.08. The molecule has 0 saturated heterocycles. The quantitative estimate of drug-likeness (QED) is 0.903. The van der Waals surface area contributed by atoms with Crippen LogP contribution in [0.3, 0.4) is 0 Å². The Labute approximate surface area is 109 Å². The molecule has 17 heavy (non-hydrogen) atoms. The van der Waals surface area contributed by atoms with E-state index in [1.165, 1.54) is 5.56 Å². The second kappa shape index (κ2) is 5.33. The Morgan fingerprint density at radius 3 is 2.59 bits per heavy atom. The molecule has 4 nitrogen and oxygen atoms in total. The van der Waals surface area contributed by atoms with Gasteiger partial charge >= 0.3 is 0 Å². The number of hydrogen-bond donors (Lipinski definition) is 2. The number of aromatic nitrogens is 2. The van der Waals surface area contributed by atoms with E-state index in [0.717, 1.165) is 16.5 Å². The van der Waals surface area contributed by atoms with Crippen molar-refractivity contribution < 1.29 is 0 Å². The number of benzene rings is 1. The van der Waals surface area contributed by atoms with E-state index < -0.39 is 0 Å². The molecule has 0 atom stereocenters. The molecule has 0 spiro atoms. The Balaban J connectivity index is 2.16. The van der Waals surface area contributed by atoms with E-state index in [2.05, 4.69) is 21.0 Å². The van der Waals surface area contributed by atoms with Crippen LogP contribution in [0.5, 0.6) is 0 Å². The topological polar surface area (TPSA) is 69.9 Å². The molecule has 0 bridgehead atoms. The molecule has 1 heterocycles. The summed E-state index contributed by atoms with van der Waals surface area (Å²) in [5.74, 6) is 0.707. The largest absolute Gasteiger partial charge is 0.384 e. The van der Waals surface area contributed by atoms with Gasteiger partial charge in [0.1, 0.15) is 5.82 Å². The lowest BCUT2D eigenvalue weighted by molar-refractivity contribution is 0.696. The molecule has 2 rings (SSSR count). The fourth-order valence-electron chi connectivity index (χ4n) is 1.67. The average molecular weight is 295 g/mol. The standard InChI is InChI=1S/C12H15BrN4/c13-11-3-1-9(2-4-11)8-17-12(15)10(5-6-14)7-16-17/h1-4,7H,5-6,8,14-15H2. The molecule has 0 fully saturated rings. The lowest BCUT2D eigenvalue weighted by atomic mass is 10.2. The van der Waals surface area contributed by atoms with Gasteiger partial charge in [0.05, 0.1) is 12.7 Å². The fourth-order valence-corrected chi connectivity index (χ4v) is 1.93. The Kier molecular flexibility index (Phi) is 3.81. The van der Waals surface area contributed by atoms with Crippen LogP contribution in [0.15, 0.2) is 34.9 Å².